The highest BCUT2D eigenvalue weighted by Crippen LogP contribution is 2.19. The topological polar surface area (TPSA) is 117 Å². The number of benzene rings is 1. The summed E-state index contributed by atoms with van der Waals surface area (Å²) < 4.78 is 0. The lowest BCUT2D eigenvalue weighted by Gasteiger charge is -2.07. The van der Waals surface area contributed by atoms with Gasteiger partial charge in [-0.05, 0) is 18.7 Å². The van der Waals surface area contributed by atoms with E-state index in [1.165, 1.54) is 6.20 Å². The Hall–Kier alpha value is -2.98. The highest BCUT2D eigenvalue weighted by molar-refractivity contribution is 5.95. The van der Waals surface area contributed by atoms with E-state index in [4.69, 9.17) is 11.0 Å². The standard InChI is InChI=1S/C16H18N6O/c1-2-19-6-7-20-16(23)12-5-3-4-11(8-12)14-10-21-15(18)13(9-17)22-14/h3-5,8,10,19H,2,6-7H2,1H3,(H2,18,21)(H,20,23). The number of carbonyl (C=O) groups is 1. The van der Waals surface area contributed by atoms with Crippen molar-refractivity contribution in [1.29, 1.82) is 5.26 Å². The van der Waals surface area contributed by atoms with Gasteiger partial charge in [0.05, 0.1) is 11.9 Å². The van der Waals surface area contributed by atoms with Crippen LogP contribution in [0.15, 0.2) is 30.5 Å². The van der Waals surface area contributed by atoms with Crippen LogP contribution in [0.25, 0.3) is 11.3 Å². The van der Waals surface area contributed by atoms with Gasteiger partial charge >= 0.3 is 0 Å². The van der Waals surface area contributed by atoms with E-state index in [2.05, 4.69) is 20.6 Å². The van der Waals surface area contributed by atoms with E-state index in [9.17, 15) is 4.79 Å². The molecule has 0 bridgehead atoms. The van der Waals surface area contributed by atoms with Crippen molar-refractivity contribution < 1.29 is 4.79 Å². The number of nitrogens with zero attached hydrogens (tertiary/aromatic N) is 3. The first-order chi connectivity index (χ1) is 11.2. The third-order valence-electron chi connectivity index (χ3n) is 3.16. The second-order valence-corrected chi connectivity index (χ2v) is 4.79. The Morgan fingerprint density at radius 2 is 2.22 bits per heavy atom. The van der Waals surface area contributed by atoms with Crippen LogP contribution in [0.2, 0.25) is 0 Å². The first-order valence-corrected chi connectivity index (χ1v) is 7.27. The van der Waals surface area contributed by atoms with Crippen molar-refractivity contribution >= 4 is 11.7 Å². The summed E-state index contributed by atoms with van der Waals surface area (Å²) >= 11 is 0. The van der Waals surface area contributed by atoms with Gasteiger partial charge in [-0.1, -0.05) is 19.1 Å². The SMILES string of the molecule is CCNCCNC(=O)c1cccc(-c2cnc(N)c(C#N)n2)c1. The van der Waals surface area contributed by atoms with Crippen LogP contribution < -0.4 is 16.4 Å². The van der Waals surface area contributed by atoms with E-state index in [-0.39, 0.29) is 17.4 Å². The maximum atomic E-state index is 12.1. The summed E-state index contributed by atoms with van der Waals surface area (Å²) in [6.07, 6.45) is 1.48. The average Bonchev–Trinajstić information content (AvgIpc) is 2.59. The maximum absolute atomic E-state index is 12.1. The van der Waals surface area contributed by atoms with E-state index in [1.807, 2.05) is 13.0 Å². The molecular weight excluding hydrogens is 292 g/mol. The number of nitrogen functional groups attached to an aromatic ring is 1. The number of anilines is 1. The van der Waals surface area contributed by atoms with Gasteiger partial charge < -0.3 is 16.4 Å². The van der Waals surface area contributed by atoms with E-state index in [0.717, 1.165) is 13.1 Å². The van der Waals surface area contributed by atoms with Gasteiger partial charge in [0.2, 0.25) is 0 Å². The molecule has 1 heterocycles. The first-order valence-electron chi connectivity index (χ1n) is 7.27. The molecule has 0 aliphatic rings. The normalized spacial score (nSPS) is 10.1. The van der Waals surface area contributed by atoms with Crippen LogP contribution in [0.1, 0.15) is 23.0 Å². The third kappa shape index (κ3) is 4.25. The molecule has 7 heteroatoms. The van der Waals surface area contributed by atoms with Gasteiger partial charge in [-0.2, -0.15) is 5.26 Å². The molecule has 0 radical (unpaired) electrons. The van der Waals surface area contributed by atoms with Crippen LogP contribution in [0, 0.1) is 11.3 Å². The second kappa shape index (κ2) is 7.87. The lowest BCUT2D eigenvalue weighted by molar-refractivity contribution is 0.0954. The third-order valence-corrected chi connectivity index (χ3v) is 3.16. The number of hydrogen-bond donors (Lipinski definition) is 3. The van der Waals surface area contributed by atoms with Crippen molar-refractivity contribution in [2.75, 3.05) is 25.4 Å². The van der Waals surface area contributed by atoms with Crippen molar-refractivity contribution in [2.24, 2.45) is 0 Å². The molecule has 0 aliphatic heterocycles. The molecule has 4 N–H and O–H groups in total. The summed E-state index contributed by atoms with van der Waals surface area (Å²) in [7, 11) is 0. The zero-order valence-electron chi connectivity index (χ0n) is 12.8. The number of rotatable bonds is 6. The fourth-order valence-corrected chi connectivity index (χ4v) is 1.98. The minimum atomic E-state index is -0.159. The second-order valence-electron chi connectivity index (χ2n) is 4.79. The fraction of sp³-hybridized carbons (Fsp3) is 0.250. The molecule has 0 fully saturated rings. The Morgan fingerprint density at radius 3 is 2.96 bits per heavy atom. The number of nitrogens with one attached hydrogen (secondary N) is 2. The molecule has 118 valence electrons. The van der Waals surface area contributed by atoms with Gasteiger partial charge in [0.15, 0.2) is 11.5 Å². The number of nitrogens with two attached hydrogens (primary N) is 1. The van der Waals surface area contributed by atoms with Gasteiger partial charge in [-0.3, -0.25) is 4.79 Å². The summed E-state index contributed by atoms with van der Waals surface area (Å²) in [5.41, 5.74) is 7.37. The molecule has 2 aromatic rings. The largest absolute Gasteiger partial charge is 0.381 e. The van der Waals surface area contributed by atoms with Crippen LogP contribution in [0.4, 0.5) is 5.82 Å². The van der Waals surface area contributed by atoms with Gasteiger partial charge in [-0.15, -0.1) is 0 Å². The smallest absolute Gasteiger partial charge is 0.251 e. The van der Waals surface area contributed by atoms with Crippen molar-refractivity contribution in [1.82, 2.24) is 20.6 Å². The Kier molecular flexibility index (Phi) is 5.61. The van der Waals surface area contributed by atoms with E-state index in [0.29, 0.717) is 23.4 Å². The molecule has 0 unspecified atom stereocenters. The number of aromatic nitrogens is 2. The first kappa shape index (κ1) is 16.4. The predicted octanol–water partition coefficient (Wildman–Crippen LogP) is 0.937. The van der Waals surface area contributed by atoms with Crippen molar-refractivity contribution in [3.05, 3.63) is 41.7 Å². The lowest BCUT2D eigenvalue weighted by atomic mass is 10.1. The van der Waals surface area contributed by atoms with Crippen LogP contribution in [0.3, 0.4) is 0 Å². The minimum Gasteiger partial charge on any atom is -0.381 e. The monoisotopic (exact) mass is 310 g/mol. The quantitative estimate of drug-likeness (QED) is 0.684. The van der Waals surface area contributed by atoms with Crippen molar-refractivity contribution in [3.8, 4) is 17.3 Å². The minimum absolute atomic E-state index is 0.0722. The van der Waals surface area contributed by atoms with E-state index >= 15 is 0 Å². The van der Waals surface area contributed by atoms with Crippen LogP contribution in [-0.2, 0) is 0 Å². The molecule has 1 aromatic heterocycles. The number of nitriles is 1. The highest BCUT2D eigenvalue weighted by atomic mass is 16.1. The Bertz CT molecular complexity index is 738. The number of hydrogen-bond acceptors (Lipinski definition) is 6. The summed E-state index contributed by atoms with van der Waals surface area (Å²) in [5.74, 6) is -0.0674. The molecule has 0 aliphatic carbocycles. The summed E-state index contributed by atoms with van der Waals surface area (Å²) in [4.78, 5) is 20.2. The average molecular weight is 310 g/mol. The molecule has 0 spiro atoms. The highest BCUT2D eigenvalue weighted by Gasteiger charge is 2.09. The zero-order valence-corrected chi connectivity index (χ0v) is 12.8. The summed E-state index contributed by atoms with van der Waals surface area (Å²) in [6.45, 7) is 4.14. The van der Waals surface area contributed by atoms with E-state index in [1.54, 1.807) is 24.3 Å². The molecule has 7 nitrogen and oxygen atoms in total. The zero-order chi connectivity index (χ0) is 16.7. The summed E-state index contributed by atoms with van der Waals surface area (Å²) in [5, 5.41) is 14.9. The molecule has 23 heavy (non-hydrogen) atoms. The molecule has 0 atom stereocenters. The van der Waals surface area contributed by atoms with E-state index < -0.39 is 0 Å². The Labute approximate surface area is 134 Å². The lowest BCUT2D eigenvalue weighted by Crippen LogP contribution is -2.31. The Morgan fingerprint density at radius 1 is 1.39 bits per heavy atom. The molecular formula is C16H18N6O. The number of likely N-dealkylation sites (N-methyl/N-ethyl adjacent to an activating group) is 1. The predicted molar refractivity (Wildman–Crippen MR) is 87.5 cm³/mol. The number of carbonyl (C=O) groups excluding carboxylic acids is 1. The van der Waals surface area contributed by atoms with Crippen molar-refractivity contribution in [2.45, 2.75) is 6.92 Å². The molecule has 1 amide bonds. The van der Waals surface area contributed by atoms with Gasteiger partial charge in [0, 0.05) is 24.2 Å². The van der Waals surface area contributed by atoms with Crippen molar-refractivity contribution in [3.63, 3.8) is 0 Å². The van der Waals surface area contributed by atoms with Gasteiger partial charge in [0.1, 0.15) is 6.07 Å². The summed E-state index contributed by atoms with van der Waals surface area (Å²) in [6, 6.07) is 8.90. The molecule has 2 rings (SSSR count). The van der Waals surface area contributed by atoms with Crippen LogP contribution in [0.5, 0.6) is 0 Å². The van der Waals surface area contributed by atoms with Gasteiger partial charge in [-0.25, -0.2) is 9.97 Å². The molecule has 1 aromatic carbocycles. The Balaban J connectivity index is 2.17. The van der Waals surface area contributed by atoms with Crippen LogP contribution >= 0.6 is 0 Å². The fourth-order valence-electron chi connectivity index (χ4n) is 1.98. The van der Waals surface area contributed by atoms with Crippen LogP contribution in [-0.4, -0.2) is 35.5 Å². The molecule has 0 saturated carbocycles. The molecule has 0 saturated heterocycles. The maximum Gasteiger partial charge on any atom is 0.251 e. The number of amides is 1. The van der Waals surface area contributed by atoms with Gasteiger partial charge in [0.25, 0.3) is 5.91 Å².